The summed E-state index contributed by atoms with van der Waals surface area (Å²) in [4.78, 5) is 28.0. The summed E-state index contributed by atoms with van der Waals surface area (Å²) in [6, 6.07) is 0. The summed E-state index contributed by atoms with van der Waals surface area (Å²) in [5, 5.41) is 0. The number of nitrogens with zero attached hydrogens (tertiary/aromatic N) is 2. The first-order chi connectivity index (χ1) is 10.1. The van der Waals surface area contributed by atoms with Gasteiger partial charge >= 0.3 is 0 Å². The minimum absolute atomic E-state index is 0.0451. The molecule has 1 heterocycles. The van der Waals surface area contributed by atoms with Crippen LogP contribution in [0.5, 0.6) is 0 Å². The summed E-state index contributed by atoms with van der Waals surface area (Å²) in [7, 11) is 0. The van der Waals surface area contributed by atoms with Crippen molar-refractivity contribution in [3.8, 4) is 0 Å². The third kappa shape index (κ3) is 4.41. The van der Waals surface area contributed by atoms with Gasteiger partial charge in [0.1, 0.15) is 0 Å². The fraction of sp³-hybridized carbons (Fsp3) is 0.867. The first-order valence-corrected chi connectivity index (χ1v) is 8.14. The van der Waals surface area contributed by atoms with Crippen molar-refractivity contribution in [3.63, 3.8) is 0 Å². The van der Waals surface area contributed by atoms with Gasteiger partial charge in [0.05, 0.1) is 6.54 Å². The Labute approximate surface area is 127 Å². The van der Waals surface area contributed by atoms with Gasteiger partial charge in [-0.05, 0) is 38.1 Å². The van der Waals surface area contributed by atoms with Crippen molar-refractivity contribution in [2.75, 3.05) is 32.7 Å². The fourth-order valence-corrected chi connectivity index (χ4v) is 3.15. The average Bonchev–Trinajstić information content (AvgIpc) is 2.48. The highest BCUT2D eigenvalue weighted by atomic mass is 16.2. The van der Waals surface area contributed by atoms with E-state index in [1.807, 2.05) is 4.90 Å². The van der Waals surface area contributed by atoms with Crippen LogP contribution in [-0.2, 0) is 9.59 Å². The first-order valence-electron chi connectivity index (χ1n) is 8.14. The van der Waals surface area contributed by atoms with Crippen molar-refractivity contribution in [1.82, 2.24) is 15.2 Å². The van der Waals surface area contributed by atoms with Crippen molar-refractivity contribution in [2.24, 2.45) is 17.7 Å². The Morgan fingerprint density at radius 2 is 1.90 bits per heavy atom. The highest BCUT2D eigenvalue weighted by Gasteiger charge is 2.28. The molecule has 120 valence electrons. The Balaban J connectivity index is 1.74. The molecule has 0 aromatic heterocycles. The fourth-order valence-electron chi connectivity index (χ4n) is 3.15. The summed E-state index contributed by atoms with van der Waals surface area (Å²) in [5.41, 5.74) is 2.20. The second kappa shape index (κ2) is 7.75. The van der Waals surface area contributed by atoms with E-state index in [2.05, 4.69) is 17.2 Å². The highest BCUT2D eigenvalue weighted by molar-refractivity contribution is 5.80. The number of rotatable bonds is 6. The van der Waals surface area contributed by atoms with Gasteiger partial charge in [-0.25, -0.2) is 5.84 Å². The molecular weight excluding hydrogens is 268 g/mol. The van der Waals surface area contributed by atoms with Gasteiger partial charge in [0.25, 0.3) is 0 Å². The molecule has 0 spiro atoms. The van der Waals surface area contributed by atoms with Crippen LogP contribution in [0.15, 0.2) is 0 Å². The predicted molar refractivity (Wildman–Crippen MR) is 81.1 cm³/mol. The molecule has 3 N–H and O–H groups in total. The number of hydrogen-bond acceptors (Lipinski definition) is 4. The van der Waals surface area contributed by atoms with Crippen LogP contribution in [0.1, 0.15) is 39.0 Å². The lowest BCUT2D eigenvalue weighted by atomic mass is 9.85. The van der Waals surface area contributed by atoms with Crippen LogP contribution < -0.4 is 11.3 Å². The van der Waals surface area contributed by atoms with Gasteiger partial charge in [-0.2, -0.15) is 0 Å². The number of piperidine rings is 1. The molecule has 0 aromatic carbocycles. The number of carbonyl (C=O) groups is 2. The molecule has 2 amide bonds. The summed E-state index contributed by atoms with van der Waals surface area (Å²) in [6.45, 7) is 5.93. The van der Waals surface area contributed by atoms with E-state index in [0.29, 0.717) is 32.5 Å². The number of likely N-dealkylation sites (tertiary alicyclic amines) is 1. The molecule has 2 aliphatic rings. The number of nitrogens with two attached hydrogens (primary N) is 1. The number of carbonyl (C=O) groups excluding carboxylic acids is 2. The van der Waals surface area contributed by atoms with Crippen molar-refractivity contribution in [2.45, 2.75) is 39.0 Å². The van der Waals surface area contributed by atoms with E-state index in [1.165, 1.54) is 19.3 Å². The van der Waals surface area contributed by atoms with E-state index in [1.54, 1.807) is 0 Å². The number of hydrogen-bond donors (Lipinski definition) is 2. The lowest BCUT2D eigenvalue weighted by Gasteiger charge is -2.35. The van der Waals surface area contributed by atoms with E-state index in [0.717, 1.165) is 19.0 Å². The topological polar surface area (TPSA) is 78.7 Å². The number of nitrogens with one attached hydrogen (secondary N) is 1. The smallest absolute Gasteiger partial charge is 0.237 e. The van der Waals surface area contributed by atoms with E-state index in [9.17, 15) is 9.59 Å². The zero-order valence-electron chi connectivity index (χ0n) is 13.0. The molecule has 2 rings (SSSR count). The maximum Gasteiger partial charge on any atom is 0.237 e. The van der Waals surface area contributed by atoms with Crippen molar-refractivity contribution in [3.05, 3.63) is 0 Å². The van der Waals surface area contributed by atoms with Crippen LogP contribution in [0.3, 0.4) is 0 Å². The van der Waals surface area contributed by atoms with Gasteiger partial charge in [-0.1, -0.05) is 13.3 Å². The molecule has 0 bridgehead atoms. The second-order valence-corrected chi connectivity index (χ2v) is 6.29. The molecule has 6 heteroatoms. The average molecular weight is 296 g/mol. The maximum absolute atomic E-state index is 12.4. The van der Waals surface area contributed by atoms with Crippen LogP contribution in [0.4, 0.5) is 0 Å². The van der Waals surface area contributed by atoms with Gasteiger partial charge in [0.2, 0.25) is 11.8 Å². The molecule has 2 fully saturated rings. The van der Waals surface area contributed by atoms with E-state index < -0.39 is 0 Å². The molecule has 0 unspecified atom stereocenters. The van der Waals surface area contributed by atoms with Crippen molar-refractivity contribution >= 4 is 11.8 Å². The van der Waals surface area contributed by atoms with Crippen molar-refractivity contribution < 1.29 is 9.59 Å². The Hall–Kier alpha value is -1.14. The minimum atomic E-state index is -0.109. The molecule has 1 saturated carbocycles. The van der Waals surface area contributed by atoms with Crippen molar-refractivity contribution in [1.29, 1.82) is 0 Å². The zero-order valence-corrected chi connectivity index (χ0v) is 13.0. The molecule has 1 aliphatic heterocycles. The zero-order chi connectivity index (χ0) is 15.2. The molecule has 6 nitrogen and oxygen atoms in total. The molecular formula is C15H28N4O2. The number of hydrazine groups is 1. The monoisotopic (exact) mass is 296 g/mol. The number of amides is 2. The normalized spacial score (nSPS) is 20.4. The standard InChI is InChI=1S/C15H28N4O2/c1-2-18(10-12-4-3-5-12)11-14(20)19-8-6-13(7-9-19)15(21)17-16/h12-13H,2-11,16H2,1H3,(H,17,21). The van der Waals surface area contributed by atoms with Crippen LogP contribution >= 0.6 is 0 Å². The lowest BCUT2D eigenvalue weighted by molar-refractivity contribution is -0.136. The first kappa shape index (κ1) is 16.2. The number of likely N-dealkylation sites (N-methyl/N-ethyl adjacent to an activating group) is 1. The SMILES string of the molecule is CCN(CC(=O)N1CCC(C(=O)NN)CC1)CC1CCC1. The van der Waals surface area contributed by atoms with Gasteiger partial charge < -0.3 is 4.90 Å². The van der Waals surface area contributed by atoms with E-state index in [-0.39, 0.29) is 17.7 Å². The summed E-state index contributed by atoms with van der Waals surface area (Å²) in [5.74, 6) is 5.99. The summed E-state index contributed by atoms with van der Waals surface area (Å²) >= 11 is 0. The summed E-state index contributed by atoms with van der Waals surface area (Å²) < 4.78 is 0. The van der Waals surface area contributed by atoms with Crippen LogP contribution in [0.25, 0.3) is 0 Å². The Morgan fingerprint density at radius 3 is 2.38 bits per heavy atom. The van der Waals surface area contributed by atoms with Crippen LogP contribution in [-0.4, -0.2) is 54.3 Å². The van der Waals surface area contributed by atoms with Gasteiger partial charge in [0.15, 0.2) is 0 Å². The van der Waals surface area contributed by atoms with Gasteiger partial charge in [0, 0.05) is 25.6 Å². The third-order valence-electron chi connectivity index (χ3n) is 4.91. The van der Waals surface area contributed by atoms with Crippen LogP contribution in [0, 0.1) is 11.8 Å². The Kier molecular flexibility index (Phi) is 5.99. The molecule has 1 aliphatic carbocycles. The third-order valence-corrected chi connectivity index (χ3v) is 4.91. The Morgan fingerprint density at radius 1 is 1.24 bits per heavy atom. The van der Waals surface area contributed by atoms with E-state index >= 15 is 0 Å². The quantitative estimate of drug-likeness (QED) is 0.421. The van der Waals surface area contributed by atoms with E-state index in [4.69, 9.17) is 5.84 Å². The molecule has 0 radical (unpaired) electrons. The molecule has 0 aromatic rings. The van der Waals surface area contributed by atoms with Crippen LogP contribution in [0.2, 0.25) is 0 Å². The summed E-state index contributed by atoms with van der Waals surface area (Å²) in [6.07, 6.45) is 5.38. The molecule has 0 atom stereocenters. The van der Waals surface area contributed by atoms with Gasteiger partial charge in [-0.3, -0.25) is 19.9 Å². The molecule has 21 heavy (non-hydrogen) atoms. The van der Waals surface area contributed by atoms with Gasteiger partial charge in [-0.15, -0.1) is 0 Å². The highest BCUT2D eigenvalue weighted by Crippen LogP contribution is 2.27. The maximum atomic E-state index is 12.4. The molecule has 1 saturated heterocycles. The Bertz CT molecular complexity index is 363. The predicted octanol–water partition coefficient (Wildman–Crippen LogP) is 0.337. The minimum Gasteiger partial charge on any atom is -0.342 e. The lowest BCUT2D eigenvalue weighted by Crippen LogP contribution is -2.48. The largest absolute Gasteiger partial charge is 0.342 e. The second-order valence-electron chi connectivity index (χ2n) is 6.29.